The van der Waals surface area contributed by atoms with Crippen LogP contribution < -0.4 is 14.5 Å². The molecule has 1 spiro atoms. The van der Waals surface area contributed by atoms with Crippen molar-refractivity contribution in [2.75, 3.05) is 42.6 Å². The first-order valence-corrected chi connectivity index (χ1v) is 16.5. The molecule has 6 rings (SSSR count). The van der Waals surface area contributed by atoms with Crippen LogP contribution in [0, 0.1) is 11.8 Å². The summed E-state index contributed by atoms with van der Waals surface area (Å²) in [5.74, 6) is -2.08. The highest BCUT2D eigenvalue weighted by molar-refractivity contribution is 9.09. The lowest BCUT2D eigenvalue weighted by Crippen LogP contribution is -2.57. The van der Waals surface area contributed by atoms with Crippen LogP contribution in [0.1, 0.15) is 13.3 Å². The van der Waals surface area contributed by atoms with Gasteiger partial charge in [0.05, 0.1) is 31.2 Å². The monoisotopic (exact) mass is 687 g/mol. The summed E-state index contributed by atoms with van der Waals surface area (Å²) in [5.41, 5.74) is 0.0235. The average Bonchev–Trinajstić information content (AvgIpc) is 3.65. The van der Waals surface area contributed by atoms with Gasteiger partial charge in [0.1, 0.15) is 17.4 Å². The number of benzene rings is 3. The van der Waals surface area contributed by atoms with Crippen molar-refractivity contribution in [2.45, 2.75) is 35.9 Å². The maximum atomic E-state index is 14.7. The molecule has 1 N–H and O–H groups in total. The van der Waals surface area contributed by atoms with Crippen molar-refractivity contribution in [3.8, 4) is 5.75 Å². The van der Waals surface area contributed by atoms with E-state index in [4.69, 9.17) is 9.47 Å². The molecule has 0 radical (unpaired) electrons. The number of alkyl halides is 1. The molecule has 3 unspecified atom stereocenters. The molecule has 46 heavy (non-hydrogen) atoms. The second-order valence-electron chi connectivity index (χ2n) is 11.9. The standard InChI is InChI=1S/C36H38BrN3O6/c1-4-17-38(25-13-15-27(16-14-25)45-6-3)33(42)29-30-34(43)40(19-20-41)32(36(30)22-28(37)31(29)46-36)35(44)39(18-5-2)26-12-11-23-9-7-8-10-24(23)21-26/h4-5,7-16,21,28-32,41H,1-2,6,17-20,22H2,3H3/t28?,29-,30-,31-,32?,36?/m0/s1. The summed E-state index contributed by atoms with van der Waals surface area (Å²) in [5, 5.41) is 12.1. The van der Waals surface area contributed by atoms with E-state index in [1.807, 2.05) is 49.4 Å². The van der Waals surface area contributed by atoms with Crippen molar-refractivity contribution in [2.24, 2.45) is 11.8 Å². The van der Waals surface area contributed by atoms with E-state index in [9.17, 15) is 19.5 Å². The number of halogens is 1. The van der Waals surface area contributed by atoms with Gasteiger partial charge in [0.15, 0.2) is 0 Å². The summed E-state index contributed by atoms with van der Waals surface area (Å²) in [6.45, 7) is 10.2. The normalized spacial score (nSPS) is 26.2. The molecule has 3 aromatic carbocycles. The summed E-state index contributed by atoms with van der Waals surface area (Å²) in [4.78, 5) is 47.9. The smallest absolute Gasteiger partial charge is 0.253 e. The minimum atomic E-state index is -1.27. The lowest BCUT2D eigenvalue weighted by Gasteiger charge is -2.37. The predicted octanol–water partition coefficient (Wildman–Crippen LogP) is 4.72. The number of likely N-dealkylation sites (tertiary alicyclic amines) is 1. The molecule has 3 saturated heterocycles. The third-order valence-corrected chi connectivity index (χ3v) is 10.2. The van der Waals surface area contributed by atoms with Gasteiger partial charge in [-0.3, -0.25) is 14.4 Å². The van der Waals surface area contributed by atoms with Crippen molar-refractivity contribution >= 4 is 55.8 Å². The Morgan fingerprint density at radius 3 is 2.33 bits per heavy atom. The number of hydrogen-bond acceptors (Lipinski definition) is 6. The van der Waals surface area contributed by atoms with Gasteiger partial charge in [-0.2, -0.15) is 0 Å². The van der Waals surface area contributed by atoms with Gasteiger partial charge in [-0.05, 0) is 60.5 Å². The zero-order valence-electron chi connectivity index (χ0n) is 25.8. The topological polar surface area (TPSA) is 99.6 Å². The highest BCUT2D eigenvalue weighted by Crippen LogP contribution is 2.60. The number of aliphatic hydroxyl groups is 1. The van der Waals surface area contributed by atoms with Crippen LogP contribution in [0.4, 0.5) is 11.4 Å². The van der Waals surface area contributed by atoms with Crippen molar-refractivity contribution in [3.63, 3.8) is 0 Å². The largest absolute Gasteiger partial charge is 0.494 e. The molecule has 3 fully saturated rings. The number of aliphatic hydroxyl groups excluding tert-OH is 1. The van der Waals surface area contributed by atoms with Gasteiger partial charge in [-0.15, -0.1) is 13.2 Å². The maximum absolute atomic E-state index is 14.7. The van der Waals surface area contributed by atoms with Gasteiger partial charge in [0.25, 0.3) is 5.91 Å². The Hall–Kier alpha value is -3.99. The van der Waals surface area contributed by atoms with Crippen molar-refractivity contribution in [1.82, 2.24) is 4.90 Å². The summed E-state index contributed by atoms with van der Waals surface area (Å²) in [6, 6.07) is 19.8. The lowest BCUT2D eigenvalue weighted by atomic mass is 9.70. The van der Waals surface area contributed by atoms with Gasteiger partial charge in [-0.25, -0.2) is 0 Å². The fourth-order valence-corrected chi connectivity index (χ4v) is 8.45. The molecule has 3 aliphatic heterocycles. The van der Waals surface area contributed by atoms with Crippen LogP contribution in [-0.2, 0) is 19.1 Å². The number of hydrogen-bond donors (Lipinski definition) is 1. The maximum Gasteiger partial charge on any atom is 0.253 e. The number of ether oxygens (including phenoxy) is 2. The van der Waals surface area contributed by atoms with Crippen molar-refractivity contribution in [3.05, 3.63) is 92.0 Å². The van der Waals surface area contributed by atoms with Crippen LogP contribution in [0.5, 0.6) is 5.75 Å². The molecular weight excluding hydrogens is 650 g/mol. The molecule has 6 atom stereocenters. The van der Waals surface area contributed by atoms with Gasteiger partial charge >= 0.3 is 0 Å². The highest BCUT2D eigenvalue weighted by Gasteiger charge is 2.77. The third-order valence-electron chi connectivity index (χ3n) is 9.31. The molecule has 3 amide bonds. The molecule has 0 aliphatic carbocycles. The minimum Gasteiger partial charge on any atom is -0.494 e. The average molecular weight is 689 g/mol. The Morgan fingerprint density at radius 1 is 1.02 bits per heavy atom. The predicted molar refractivity (Wildman–Crippen MR) is 181 cm³/mol. The number of rotatable bonds is 12. The van der Waals surface area contributed by atoms with Crippen LogP contribution in [0.3, 0.4) is 0 Å². The Bertz CT molecular complexity index is 1660. The van der Waals surface area contributed by atoms with Crippen molar-refractivity contribution < 1.29 is 29.0 Å². The Labute approximate surface area is 277 Å². The van der Waals surface area contributed by atoms with Crippen LogP contribution in [0.15, 0.2) is 92.0 Å². The zero-order valence-corrected chi connectivity index (χ0v) is 27.3. The van der Waals surface area contributed by atoms with E-state index in [2.05, 4.69) is 29.1 Å². The van der Waals surface area contributed by atoms with Gasteiger partial charge < -0.3 is 29.3 Å². The number of anilines is 2. The molecular formula is C36H38BrN3O6. The molecule has 2 bridgehead atoms. The number of carbonyl (C=O) groups is 3. The van der Waals surface area contributed by atoms with Gasteiger partial charge in [0, 0.05) is 35.8 Å². The first kappa shape index (κ1) is 32.0. The lowest BCUT2D eigenvalue weighted by molar-refractivity contribution is -0.141. The van der Waals surface area contributed by atoms with E-state index in [0.717, 1.165) is 10.8 Å². The van der Waals surface area contributed by atoms with E-state index in [1.54, 1.807) is 46.2 Å². The molecule has 0 saturated carbocycles. The summed E-state index contributed by atoms with van der Waals surface area (Å²) < 4.78 is 12.3. The molecule has 240 valence electrons. The summed E-state index contributed by atoms with van der Waals surface area (Å²) in [7, 11) is 0. The van der Waals surface area contributed by atoms with Crippen LogP contribution >= 0.6 is 15.9 Å². The third kappa shape index (κ3) is 5.22. The fraction of sp³-hybridized carbons (Fsp3) is 0.361. The molecule has 10 heteroatoms. The highest BCUT2D eigenvalue weighted by atomic mass is 79.9. The molecule has 3 aromatic rings. The van der Waals surface area contributed by atoms with E-state index in [0.29, 0.717) is 30.2 Å². The molecule has 9 nitrogen and oxygen atoms in total. The van der Waals surface area contributed by atoms with E-state index >= 15 is 0 Å². The minimum absolute atomic E-state index is 0.0652. The van der Waals surface area contributed by atoms with Crippen LogP contribution in [-0.4, -0.2) is 83.2 Å². The van der Waals surface area contributed by atoms with Crippen LogP contribution in [0.2, 0.25) is 0 Å². The molecule has 3 heterocycles. The first-order chi connectivity index (χ1) is 22.3. The van der Waals surface area contributed by atoms with Crippen LogP contribution in [0.25, 0.3) is 10.8 Å². The molecule has 0 aromatic heterocycles. The SMILES string of the molecule is C=CCN(C(=O)C1N(CCO)C(=O)[C@@H]2[C@H](C(=O)N(CC=C)c3ccc(OCC)cc3)[C@H]3OC12CC3Br)c1ccc2ccccc2c1. The fourth-order valence-electron chi connectivity index (χ4n) is 7.50. The Balaban J connectivity index is 1.39. The van der Waals surface area contributed by atoms with E-state index in [-0.39, 0.29) is 48.8 Å². The second-order valence-corrected chi connectivity index (χ2v) is 13.0. The Morgan fingerprint density at radius 2 is 1.67 bits per heavy atom. The second kappa shape index (κ2) is 13.0. The number of nitrogens with zero attached hydrogens (tertiary/aromatic N) is 3. The zero-order chi connectivity index (χ0) is 32.6. The van der Waals surface area contributed by atoms with Gasteiger partial charge in [-0.1, -0.05) is 58.4 Å². The van der Waals surface area contributed by atoms with E-state index < -0.39 is 29.6 Å². The summed E-state index contributed by atoms with van der Waals surface area (Å²) >= 11 is 3.75. The van der Waals surface area contributed by atoms with Gasteiger partial charge in [0.2, 0.25) is 11.8 Å². The number of carbonyl (C=O) groups excluding carboxylic acids is 3. The first-order valence-electron chi connectivity index (χ1n) is 15.6. The summed E-state index contributed by atoms with van der Waals surface area (Å²) in [6.07, 6.45) is 3.02. The quantitative estimate of drug-likeness (QED) is 0.219. The van der Waals surface area contributed by atoms with Crippen molar-refractivity contribution in [1.29, 1.82) is 0 Å². The van der Waals surface area contributed by atoms with E-state index in [1.165, 1.54) is 4.90 Å². The number of fused-ring (bicyclic) bond motifs is 2. The Kier molecular flexibility index (Phi) is 9.05. The molecule has 3 aliphatic rings. The number of amides is 3. The number of β-amino-alcohol motifs (C(OH)–C–C–N with tert-alkyl or cyclic N) is 1.